The van der Waals surface area contributed by atoms with E-state index in [1.54, 1.807) is 45.5 Å². The zero-order valence-electron chi connectivity index (χ0n) is 14.6. The number of hydrogen-bond donors (Lipinski definition) is 1. The molecule has 0 saturated carbocycles. The molecule has 0 fully saturated rings. The first-order chi connectivity index (χ1) is 11.4. The summed E-state index contributed by atoms with van der Waals surface area (Å²) in [5.41, 5.74) is 6.68. The number of hydrogen-bond acceptors (Lipinski definition) is 4. The fourth-order valence-electron chi connectivity index (χ4n) is 1.86. The molecule has 0 radical (unpaired) electrons. The van der Waals surface area contributed by atoms with Crippen LogP contribution in [0.1, 0.15) is 24.2 Å². The number of nitrogens with zero attached hydrogens (tertiary/aromatic N) is 1. The van der Waals surface area contributed by atoms with E-state index in [1.165, 1.54) is 28.8 Å². The highest BCUT2D eigenvalue weighted by atomic mass is 32.2. The summed E-state index contributed by atoms with van der Waals surface area (Å²) in [6.07, 6.45) is 0. The molecule has 24 heavy (non-hydrogen) atoms. The molecule has 0 aliphatic rings. The Balaban J connectivity index is 0.00000139. The molecule has 0 aliphatic carbocycles. The Bertz CT molecular complexity index is 705. The SMILES string of the molecule is CC.COc1ccc(Sc2ccc(F)cc2N)c(C(=O)N(C)C)c1. The highest BCUT2D eigenvalue weighted by Crippen LogP contribution is 2.36. The van der Waals surface area contributed by atoms with Gasteiger partial charge in [0, 0.05) is 29.6 Å². The Morgan fingerprint density at radius 2 is 1.75 bits per heavy atom. The second-order valence-corrected chi connectivity index (χ2v) is 5.93. The summed E-state index contributed by atoms with van der Waals surface area (Å²) >= 11 is 1.32. The van der Waals surface area contributed by atoms with Crippen LogP contribution in [0.15, 0.2) is 46.2 Å². The Morgan fingerprint density at radius 1 is 1.12 bits per heavy atom. The fraction of sp³-hybridized carbons (Fsp3) is 0.278. The van der Waals surface area contributed by atoms with Crippen LogP contribution in [0.5, 0.6) is 5.75 Å². The Morgan fingerprint density at radius 3 is 2.29 bits per heavy atom. The van der Waals surface area contributed by atoms with Gasteiger partial charge < -0.3 is 15.4 Å². The fourth-order valence-corrected chi connectivity index (χ4v) is 2.81. The van der Waals surface area contributed by atoms with Gasteiger partial charge >= 0.3 is 0 Å². The minimum absolute atomic E-state index is 0.137. The largest absolute Gasteiger partial charge is 0.497 e. The van der Waals surface area contributed by atoms with Crippen molar-refractivity contribution in [1.29, 1.82) is 0 Å². The average molecular weight is 350 g/mol. The van der Waals surface area contributed by atoms with Gasteiger partial charge in [-0.3, -0.25) is 4.79 Å². The second kappa shape index (κ2) is 9.17. The van der Waals surface area contributed by atoms with Gasteiger partial charge in [-0.25, -0.2) is 4.39 Å². The number of ether oxygens (including phenoxy) is 1. The van der Waals surface area contributed by atoms with E-state index >= 15 is 0 Å². The molecule has 130 valence electrons. The molecule has 0 spiro atoms. The van der Waals surface area contributed by atoms with Gasteiger partial charge in [-0.15, -0.1) is 0 Å². The van der Waals surface area contributed by atoms with Gasteiger partial charge in [0.2, 0.25) is 0 Å². The molecule has 1 amide bonds. The topological polar surface area (TPSA) is 55.6 Å². The van der Waals surface area contributed by atoms with Crippen LogP contribution in [0.25, 0.3) is 0 Å². The molecular weight excluding hydrogens is 327 g/mol. The van der Waals surface area contributed by atoms with Crippen molar-refractivity contribution in [2.75, 3.05) is 26.9 Å². The maximum absolute atomic E-state index is 13.1. The first-order valence-electron chi connectivity index (χ1n) is 7.55. The van der Waals surface area contributed by atoms with Gasteiger partial charge in [0.25, 0.3) is 5.91 Å². The molecule has 0 bridgehead atoms. The van der Waals surface area contributed by atoms with Gasteiger partial charge in [0.05, 0.1) is 12.7 Å². The van der Waals surface area contributed by atoms with Crippen molar-refractivity contribution in [3.63, 3.8) is 0 Å². The predicted octanol–water partition coefficient (Wildman–Crippen LogP) is 4.30. The lowest BCUT2D eigenvalue weighted by Gasteiger charge is -2.15. The van der Waals surface area contributed by atoms with E-state index in [2.05, 4.69) is 0 Å². The maximum Gasteiger partial charge on any atom is 0.254 e. The van der Waals surface area contributed by atoms with Gasteiger partial charge in [-0.2, -0.15) is 0 Å². The second-order valence-electron chi connectivity index (χ2n) is 4.85. The number of carbonyl (C=O) groups excluding carboxylic acids is 1. The zero-order valence-corrected chi connectivity index (χ0v) is 15.4. The van der Waals surface area contributed by atoms with Crippen LogP contribution < -0.4 is 10.5 Å². The number of nitrogen functional groups attached to an aromatic ring is 1. The molecule has 2 aromatic rings. The molecule has 0 saturated heterocycles. The Labute approximate surface area is 146 Å². The van der Waals surface area contributed by atoms with Crippen LogP contribution >= 0.6 is 11.8 Å². The van der Waals surface area contributed by atoms with E-state index in [1.807, 2.05) is 13.8 Å². The Hall–Kier alpha value is -2.21. The number of carbonyl (C=O) groups is 1. The summed E-state index contributed by atoms with van der Waals surface area (Å²) in [5, 5.41) is 0. The van der Waals surface area contributed by atoms with Crippen molar-refractivity contribution in [1.82, 2.24) is 4.90 Å². The van der Waals surface area contributed by atoms with Crippen molar-refractivity contribution < 1.29 is 13.9 Å². The van der Waals surface area contributed by atoms with Crippen LogP contribution in [-0.2, 0) is 0 Å². The van der Waals surface area contributed by atoms with Gasteiger partial charge in [0.15, 0.2) is 0 Å². The molecule has 0 unspecified atom stereocenters. The predicted molar refractivity (Wildman–Crippen MR) is 97.3 cm³/mol. The lowest BCUT2D eigenvalue weighted by atomic mass is 10.2. The number of anilines is 1. The van der Waals surface area contributed by atoms with Crippen molar-refractivity contribution in [3.05, 3.63) is 47.8 Å². The molecule has 2 N–H and O–H groups in total. The zero-order chi connectivity index (χ0) is 18.3. The standard InChI is InChI=1S/C16H17FN2O2S.C2H6/c1-19(2)16(20)12-9-11(21-3)5-7-14(12)22-15-6-4-10(17)8-13(15)18;1-2/h4-9H,18H2,1-3H3;1-2H3. The van der Waals surface area contributed by atoms with Crippen molar-refractivity contribution in [2.24, 2.45) is 0 Å². The molecule has 0 atom stereocenters. The van der Waals surface area contributed by atoms with Crippen LogP contribution in [0.4, 0.5) is 10.1 Å². The summed E-state index contributed by atoms with van der Waals surface area (Å²) in [4.78, 5) is 15.2. The molecule has 0 aliphatic heterocycles. The van der Waals surface area contributed by atoms with Crippen LogP contribution in [0.3, 0.4) is 0 Å². The van der Waals surface area contributed by atoms with E-state index in [4.69, 9.17) is 10.5 Å². The molecule has 2 aromatic carbocycles. The molecule has 0 aromatic heterocycles. The van der Waals surface area contributed by atoms with Crippen molar-refractivity contribution >= 4 is 23.4 Å². The van der Waals surface area contributed by atoms with E-state index in [-0.39, 0.29) is 11.7 Å². The molecule has 2 rings (SSSR count). The summed E-state index contributed by atoms with van der Waals surface area (Å²) in [7, 11) is 4.91. The smallest absolute Gasteiger partial charge is 0.254 e. The number of rotatable bonds is 4. The summed E-state index contributed by atoms with van der Waals surface area (Å²) in [5.74, 6) is 0.0740. The molecule has 6 heteroatoms. The van der Waals surface area contributed by atoms with E-state index in [0.29, 0.717) is 21.9 Å². The third-order valence-electron chi connectivity index (χ3n) is 3.02. The first-order valence-corrected chi connectivity index (χ1v) is 8.36. The van der Waals surface area contributed by atoms with Crippen LogP contribution in [-0.4, -0.2) is 32.0 Å². The highest BCUT2D eigenvalue weighted by molar-refractivity contribution is 7.99. The monoisotopic (exact) mass is 350 g/mol. The average Bonchev–Trinajstić information content (AvgIpc) is 2.58. The number of amides is 1. The lowest BCUT2D eigenvalue weighted by molar-refractivity contribution is 0.0824. The normalized spacial score (nSPS) is 9.75. The number of methoxy groups -OCH3 is 1. The Kier molecular flexibility index (Phi) is 7.58. The number of nitrogens with two attached hydrogens (primary N) is 1. The van der Waals surface area contributed by atoms with Crippen molar-refractivity contribution in [3.8, 4) is 5.75 Å². The van der Waals surface area contributed by atoms with Crippen LogP contribution in [0.2, 0.25) is 0 Å². The molecule has 4 nitrogen and oxygen atoms in total. The number of benzene rings is 2. The summed E-state index contributed by atoms with van der Waals surface area (Å²) < 4.78 is 18.3. The van der Waals surface area contributed by atoms with Crippen molar-refractivity contribution in [2.45, 2.75) is 23.6 Å². The quantitative estimate of drug-likeness (QED) is 0.836. The van der Waals surface area contributed by atoms with E-state index < -0.39 is 0 Å². The van der Waals surface area contributed by atoms with E-state index in [0.717, 1.165) is 4.90 Å². The third-order valence-corrected chi connectivity index (χ3v) is 4.18. The maximum atomic E-state index is 13.1. The van der Waals surface area contributed by atoms with Gasteiger partial charge in [-0.05, 0) is 36.4 Å². The first kappa shape index (κ1) is 19.8. The third kappa shape index (κ3) is 4.89. The van der Waals surface area contributed by atoms with Gasteiger partial charge in [-0.1, -0.05) is 25.6 Å². The molecular formula is C18H23FN2O2S. The van der Waals surface area contributed by atoms with E-state index in [9.17, 15) is 9.18 Å². The summed E-state index contributed by atoms with van der Waals surface area (Å²) in [6, 6.07) is 9.46. The highest BCUT2D eigenvalue weighted by Gasteiger charge is 2.16. The molecule has 0 heterocycles. The lowest BCUT2D eigenvalue weighted by Crippen LogP contribution is -2.22. The minimum Gasteiger partial charge on any atom is -0.497 e. The van der Waals surface area contributed by atoms with Gasteiger partial charge in [0.1, 0.15) is 11.6 Å². The number of halogens is 1. The summed E-state index contributed by atoms with van der Waals surface area (Å²) in [6.45, 7) is 4.00. The minimum atomic E-state index is -0.388. The van der Waals surface area contributed by atoms with Crippen LogP contribution in [0, 0.1) is 5.82 Å².